The van der Waals surface area contributed by atoms with Crippen LogP contribution in [0.2, 0.25) is 0 Å². The Hall–Kier alpha value is -1.89. The Labute approximate surface area is 238 Å². The first-order valence-electron chi connectivity index (χ1n) is 15.8. The lowest BCUT2D eigenvalue weighted by molar-refractivity contribution is -0.968. The van der Waals surface area contributed by atoms with Gasteiger partial charge in [0.15, 0.2) is 18.1 Å². The van der Waals surface area contributed by atoms with Crippen LogP contribution in [0.4, 0.5) is 0 Å². The summed E-state index contributed by atoms with van der Waals surface area (Å²) in [5, 5.41) is 28.9. The van der Waals surface area contributed by atoms with Crippen molar-refractivity contribution in [3.8, 4) is 0 Å². The van der Waals surface area contributed by atoms with Crippen molar-refractivity contribution in [2.45, 2.75) is 168 Å². The minimum Gasteiger partial charge on any atom is -0.477 e. The molecule has 0 radical (unpaired) electrons. The van der Waals surface area contributed by atoms with Gasteiger partial charge in [-0.05, 0) is 59.3 Å². The van der Waals surface area contributed by atoms with Crippen LogP contribution in [-0.2, 0) is 14.4 Å². The lowest BCUT2D eigenvalue weighted by atomic mass is 10.00. The summed E-state index contributed by atoms with van der Waals surface area (Å²) < 4.78 is -0.480. The molecule has 0 amide bonds. The summed E-state index contributed by atoms with van der Waals surface area (Å²) in [5.41, 5.74) is 0. The summed E-state index contributed by atoms with van der Waals surface area (Å²) in [5.74, 6) is -3.52. The van der Waals surface area contributed by atoms with Gasteiger partial charge in [-0.1, -0.05) is 103 Å². The Morgan fingerprint density at radius 1 is 0.513 bits per heavy atom. The fourth-order valence-corrected chi connectivity index (χ4v) is 5.72. The third kappa shape index (κ3) is 15.5. The molecule has 0 aliphatic heterocycles. The highest BCUT2D eigenvalue weighted by Crippen LogP contribution is 2.27. The van der Waals surface area contributed by atoms with Crippen molar-refractivity contribution < 1.29 is 34.2 Å². The molecule has 0 spiro atoms. The van der Waals surface area contributed by atoms with E-state index in [9.17, 15) is 29.7 Å². The molecular weight excluding hydrogens is 494 g/mol. The van der Waals surface area contributed by atoms with E-state index in [1.807, 2.05) is 0 Å². The number of carboxylic acids is 3. The maximum Gasteiger partial charge on any atom is 0.362 e. The van der Waals surface area contributed by atoms with Crippen molar-refractivity contribution in [2.75, 3.05) is 6.54 Å². The number of carboxylic acid groups (broad SMARTS) is 3. The van der Waals surface area contributed by atoms with Gasteiger partial charge in [0, 0.05) is 0 Å². The van der Waals surface area contributed by atoms with E-state index in [-0.39, 0.29) is 6.54 Å². The number of hydrogen-bond donors (Lipinski definition) is 3. The third-order valence-corrected chi connectivity index (χ3v) is 8.54. The first kappa shape index (κ1) is 37.1. The predicted molar refractivity (Wildman–Crippen MR) is 159 cm³/mol. The number of unbranched alkanes of at least 4 members (excludes halogenated alkanes) is 17. The van der Waals surface area contributed by atoms with Gasteiger partial charge < -0.3 is 15.3 Å². The van der Waals surface area contributed by atoms with Crippen molar-refractivity contribution in [2.24, 2.45) is 0 Å². The number of allylic oxidation sites excluding steroid dienone is 2. The van der Waals surface area contributed by atoms with E-state index in [0.717, 1.165) is 32.1 Å². The highest BCUT2D eigenvalue weighted by atomic mass is 16.4. The van der Waals surface area contributed by atoms with Crippen molar-refractivity contribution >= 4 is 17.9 Å². The first-order valence-corrected chi connectivity index (χ1v) is 15.8. The second-order valence-electron chi connectivity index (χ2n) is 11.5. The van der Waals surface area contributed by atoms with E-state index >= 15 is 0 Å². The van der Waals surface area contributed by atoms with E-state index in [1.165, 1.54) is 104 Å². The van der Waals surface area contributed by atoms with Gasteiger partial charge >= 0.3 is 17.9 Å². The molecule has 0 bridgehead atoms. The summed E-state index contributed by atoms with van der Waals surface area (Å²) >= 11 is 0. The van der Waals surface area contributed by atoms with E-state index < -0.39 is 40.5 Å². The molecule has 0 aromatic rings. The molecule has 0 heterocycles. The second-order valence-corrected chi connectivity index (χ2v) is 11.5. The van der Waals surface area contributed by atoms with Gasteiger partial charge in [0.05, 0.1) is 6.54 Å². The normalized spacial score (nSPS) is 15.6. The topological polar surface area (TPSA) is 112 Å². The zero-order valence-corrected chi connectivity index (χ0v) is 25.5. The van der Waals surface area contributed by atoms with Gasteiger partial charge in [0.25, 0.3) is 0 Å². The SMILES string of the molecule is CCCCCCCCCCC/C=C/CCCCCCCCCC[N+](C(C)C(=O)O)(C(C)C(=O)O)C(C)C(=O)O. The Bertz CT molecular complexity index is 642. The molecule has 0 aliphatic rings. The molecular formula is C32H60NO6+. The van der Waals surface area contributed by atoms with Gasteiger partial charge in [0.1, 0.15) is 0 Å². The number of aliphatic carboxylic acids is 3. The molecule has 0 fully saturated rings. The molecule has 7 nitrogen and oxygen atoms in total. The van der Waals surface area contributed by atoms with Crippen molar-refractivity contribution in [1.29, 1.82) is 0 Å². The number of rotatable bonds is 27. The molecule has 0 saturated heterocycles. The number of quaternary nitrogens is 1. The number of hydrogen-bond acceptors (Lipinski definition) is 3. The maximum atomic E-state index is 11.8. The minimum absolute atomic E-state index is 0.222. The summed E-state index contributed by atoms with van der Waals surface area (Å²) in [6.45, 7) is 6.76. The van der Waals surface area contributed by atoms with E-state index in [4.69, 9.17) is 0 Å². The van der Waals surface area contributed by atoms with Crippen LogP contribution in [0.25, 0.3) is 0 Å². The van der Waals surface area contributed by atoms with Crippen LogP contribution in [0, 0.1) is 0 Å². The fourth-order valence-electron chi connectivity index (χ4n) is 5.72. The molecule has 0 aromatic carbocycles. The molecule has 0 aliphatic carbocycles. The van der Waals surface area contributed by atoms with Gasteiger partial charge in [-0.25, -0.2) is 14.4 Å². The molecule has 3 N–H and O–H groups in total. The van der Waals surface area contributed by atoms with Crippen molar-refractivity contribution in [1.82, 2.24) is 0 Å². The summed E-state index contributed by atoms with van der Waals surface area (Å²) in [6.07, 6.45) is 27.7. The number of carbonyl (C=O) groups is 3. The largest absolute Gasteiger partial charge is 0.477 e. The standard InChI is InChI=1S/C32H59NO6/c1-5-6-7-8-9-10-11-12-13-14-15-16-17-18-19-20-21-22-23-24-25-26-33(27(2)30(34)35,28(3)31(36)37)29(4)32(38)39/h15-16,27-29H,5-14,17-26H2,1-4H3,(H2-,34,35,36,37,38,39)/p+1/b16-15+. The van der Waals surface area contributed by atoms with Crippen LogP contribution in [0.5, 0.6) is 0 Å². The maximum absolute atomic E-state index is 11.8. The van der Waals surface area contributed by atoms with Crippen molar-refractivity contribution in [3.05, 3.63) is 12.2 Å². The van der Waals surface area contributed by atoms with E-state index in [0.29, 0.717) is 6.42 Å². The molecule has 3 atom stereocenters. The van der Waals surface area contributed by atoms with E-state index in [1.54, 1.807) is 0 Å². The van der Waals surface area contributed by atoms with Crippen LogP contribution in [-0.4, -0.2) is 62.4 Å². The van der Waals surface area contributed by atoms with Crippen LogP contribution in [0.3, 0.4) is 0 Å². The monoisotopic (exact) mass is 554 g/mol. The van der Waals surface area contributed by atoms with E-state index in [2.05, 4.69) is 19.1 Å². The minimum atomic E-state index is -1.17. The van der Waals surface area contributed by atoms with Gasteiger partial charge in [0.2, 0.25) is 0 Å². The summed E-state index contributed by atoms with van der Waals surface area (Å²) in [6, 6.07) is -3.37. The molecule has 7 heteroatoms. The Balaban J connectivity index is 4.06. The fraction of sp³-hybridized carbons (Fsp3) is 0.844. The molecule has 0 aromatic heterocycles. The Morgan fingerprint density at radius 3 is 1.10 bits per heavy atom. The van der Waals surface area contributed by atoms with Gasteiger partial charge in [-0.3, -0.25) is 4.48 Å². The Kier molecular flexibility index (Phi) is 21.8. The second kappa shape index (κ2) is 22.9. The summed E-state index contributed by atoms with van der Waals surface area (Å²) in [7, 11) is 0. The van der Waals surface area contributed by atoms with Crippen LogP contribution in [0.1, 0.15) is 150 Å². The highest BCUT2D eigenvalue weighted by Gasteiger charge is 2.52. The van der Waals surface area contributed by atoms with Crippen LogP contribution < -0.4 is 0 Å². The van der Waals surface area contributed by atoms with Gasteiger partial charge in [-0.2, -0.15) is 0 Å². The molecule has 0 saturated carbocycles. The first-order chi connectivity index (χ1) is 18.6. The highest BCUT2D eigenvalue weighted by molar-refractivity contribution is 5.77. The molecule has 39 heavy (non-hydrogen) atoms. The average molecular weight is 555 g/mol. The molecule has 228 valence electrons. The molecule has 3 unspecified atom stereocenters. The van der Waals surface area contributed by atoms with Crippen LogP contribution >= 0.6 is 0 Å². The zero-order chi connectivity index (χ0) is 29.5. The molecule has 0 rings (SSSR count). The van der Waals surface area contributed by atoms with Gasteiger partial charge in [-0.15, -0.1) is 0 Å². The quantitative estimate of drug-likeness (QED) is 0.0536. The number of nitrogens with zero attached hydrogens (tertiary/aromatic N) is 1. The smallest absolute Gasteiger partial charge is 0.362 e. The van der Waals surface area contributed by atoms with Crippen LogP contribution in [0.15, 0.2) is 12.2 Å². The van der Waals surface area contributed by atoms with Crippen molar-refractivity contribution in [3.63, 3.8) is 0 Å². The lowest BCUT2D eigenvalue weighted by Gasteiger charge is -2.47. The summed E-state index contributed by atoms with van der Waals surface area (Å²) in [4.78, 5) is 35.4. The zero-order valence-electron chi connectivity index (χ0n) is 25.5. The third-order valence-electron chi connectivity index (χ3n) is 8.54. The average Bonchev–Trinajstić information content (AvgIpc) is 2.90. The Morgan fingerprint density at radius 2 is 0.795 bits per heavy atom. The lowest BCUT2D eigenvalue weighted by Crippen LogP contribution is -2.70. The predicted octanol–water partition coefficient (Wildman–Crippen LogP) is 8.21.